The lowest BCUT2D eigenvalue weighted by Crippen LogP contribution is -2.44. The molecule has 0 spiro atoms. The number of nitrogens with zero attached hydrogens (tertiary/aromatic N) is 2. The first-order valence-electron chi connectivity index (χ1n) is 8.79. The molecule has 1 saturated heterocycles. The van der Waals surface area contributed by atoms with Gasteiger partial charge < -0.3 is 5.32 Å². The molecule has 1 unspecified atom stereocenters. The first-order chi connectivity index (χ1) is 11.7. The van der Waals surface area contributed by atoms with Crippen LogP contribution in [0.4, 0.5) is 0 Å². The Kier molecular flexibility index (Phi) is 6.59. The normalized spacial score (nSPS) is 17.5. The van der Waals surface area contributed by atoms with Crippen molar-refractivity contribution in [2.45, 2.75) is 44.0 Å². The third kappa shape index (κ3) is 4.80. The zero-order chi connectivity index (χ0) is 18.6. The molecular formula is C18H29N3O3S. The molecule has 0 radical (unpaired) electrons. The summed E-state index contributed by atoms with van der Waals surface area (Å²) in [5, 5.41) is 2.93. The molecule has 1 aliphatic rings. The highest BCUT2D eigenvalue weighted by Crippen LogP contribution is 2.20. The molecule has 1 amide bonds. The van der Waals surface area contributed by atoms with Crippen LogP contribution in [0.5, 0.6) is 0 Å². The lowest BCUT2D eigenvalue weighted by atomic mass is 10.1. The van der Waals surface area contributed by atoms with E-state index in [1.54, 1.807) is 19.1 Å². The van der Waals surface area contributed by atoms with Crippen molar-refractivity contribution >= 4 is 15.9 Å². The highest BCUT2D eigenvalue weighted by molar-refractivity contribution is 7.89. The van der Waals surface area contributed by atoms with E-state index in [0.29, 0.717) is 17.7 Å². The number of hydrogen-bond acceptors (Lipinski definition) is 4. The number of nitrogens with one attached hydrogen (secondary N) is 1. The van der Waals surface area contributed by atoms with E-state index in [9.17, 15) is 13.2 Å². The van der Waals surface area contributed by atoms with Crippen LogP contribution in [0.2, 0.25) is 0 Å². The average Bonchev–Trinajstić information content (AvgIpc) is 2.60. The summed E-state index contributed by atoms with van der Waals surface area (Å²) in [6.45, 7) is 6.56. The van der Waals surface area contributed by atoms with Gasteiger partial charge in [-0.05, 0) is 57.5 Å². The molecular weight excluding hydrogens is 338 g/mol. The second kappa shape index (κ2) is 8.29. The zero-order valence-corrected chi connectivity index (χ0v) is 16.4. The van der Waals surface area contributed by atoms with Crippen molar-refractivity contribution in [1.82, 2.24) is 14.5 Å². The van der Waals surface area contributed by atoms with Crippen LogP contribution in [0.15, 0.2) is 23.1 Å². The zero-order valence-electron chi connectivity index (χ0n) is 15.6. The summed E-state index contributed by atoms with van der Waals surface area (Å²) in [5.41, 5.74) is 1.00. The summed E-state index contributed by atoms with van der Waals surface area (Å²) in [5.74, 6) is -0.237. The number of likely N-dealkylation sites (tertiary alicyclic amines) is 1. The van der Waals surface area contributed by atoms with Gasteiger partial charge in [-0.15, -0.1) is 0 Å². The van der Waals surface area contributed by atoms with Gasteiger partial charge in [-0.25, -0.2) is 12.7 Å². The van der Waals surface area contributed by atoms with Crippen LogP contribution < -0.4 is 5.32 Å². The Balaban J connectivity index is 2.07. The van der Waals surface area contributed by atoms with Gasteiger partial charge in [0, 0.05) is 32.2 Å². The molecule has 140 valence electrons. The van der Waals surface area contributed by atoms with Crippen molar-refractivity contribution in [1.29, 1.82) is 0 Å². The summed E-state index contributed by atoms with van der Waals surface area (Å²) in [6, 6.07) is 5.09. The van der Waals surface area contributed by atoms with Gasteiger partial charge in [-0.3, -0.25) is 9.69 Å². The van der Waals surface area contributed by atoms with Crippen LogP contribution in [-0.2, 0) is 10.0 Å². The second-order valence-corrected chi connectivity index (χ2v) is 9.04. The number of rotatable bonds is 6. The molecule has 0 bridgehead atoms. The number of amides is 1. The predicted molar refractivity (Wildman–Crippen MR) is 99.3 cm³/mol. The van der Waals surface area contributed by atoms with E-state index in [1.165, 1.54) is 39.4 Å². The van der Waals surface area contributed by atoms with Gasteiger partial charge in [-0.1, -0.05) is 12.5 Å². The second-order valence-electron chi connectivity index (χ2n) is 6.92. The maximum atomic E-state index is 12.5. The molecule has 1 atom stereocenters. The molecule has 1 aromatic rings. The van der Waals surface area contributed by atoms with Crippen molar-refractivity contribution in [3.8, 4) is 0 Å². The number of benzene rings is 1. The Morgan fingerprint density at radius 2 is 1.88 bits per heavy atom. The topological polar surface area (TPSA) is 69.7 Å². The quantitative estimate of drug-likeness (QED) is 0.833. The van der Waals surface area contributed by atoms with Crippen molar-refractivity contribution in [3.05, 3.63) is 29.3 Å². The maximum absolute atomic E-state index is 12.5. The van der Waals surface area contributed by atoms with Crippen LogP contribution in [0, 0.1) is 6.92 Å². The SMILES string of the molecule is Cc1ccc(C(=O)NCC(C)N2CCCCC2)cc1S(=O)(=O)N(C)C. The van der Waals surface area contributed by atoms with Gasteiger partial charge >= 0.3 is 0 Å². The van der Waals surface area contributed by atoms with Gasteiger partial charge in [0.1, 0.15) is 0 Å². The van der Waals surface area contributed by atoms with Crippen LogP contribution in [-0.4, -0.2) is 63.3 Å². The molecule has 6 nitrogen and oxygen atoms in total. The summed E-state index contributed by atoms with van der Waals surface area (Å²) >= 11 is 0. The fourth-order valence-corrected chi connectivity index (χ4v) is 4.19. The van der Waals surface area contributed by atoms with Crippen molar-refractivity contribution < 1.29 is 13.2 Å². The maximum Gasteiger partial charge on any atom is 0.251 e. The largest absolute Gasteiger partial charge is 0.350 e. The fraction of sp³-hybridized carbons (Fsp3) is 0.611. The van der Waals surface area contributed by atoms with Gasteiger partial charge in [0.15, 0.2) is 0 Å². The average molecular weight is 368 g/mol. The van der Waals surface area contributed by atoms with Gasteiger partial charge in [-0.2, -0.15) is 0 Å². The van der Waals surface area contributed by atoms with Gasteiger partial charge in [0.25, 0.3) is 5.91 Å². The first kappa shape index (κ1) is 19.9. The number of piperidine rings is 1. The number of carbonyl (C=O) groups excluding carboxylic acids is 1. The molecule has 0 saturated carbocycles. The highest BCUT2D eigenvalue weighted by atomic mass is 32.2. The monoisotopic (exact) mass is 367 g/mol. The number of hydrogen-bond donors (Lipinski definition) is 1. The lowest BCUT2D eigenvalue weighted by Gasteiger charge is -2.32. The minimum atomic E-state index is -3.57. The van der Waals surface area contributed by atoms with Crippen LogP contribution in [0.25, 0.3) is 0 Å². The third-order valence-electron chi connectivity index (χ3n) is 4.78. The van der Waals surface area contributed by atoms with Gasteiger partial charge in [0.2, 0.25) is 10.0 Å². The molecule has 0 aliphatic carbocycles. The molecule has 0 aromatic heterocycles. The predicted octanol–water partition coefficient (Wildman–Crippen LogP) is 1.85. The van der Waals surface area contributed by atoms with E-state index in [2.05, 4.69) is 17.1 Å². The van der Waals surface area contributed by atoms with E-state index >= 15 is 0 Å². The highest BCUT2D eigenvalue weighted by Gasteiger charge is 2.22. The van der Waals surface area contributed by atoms with E-state index in [-0.39, 0.29) is 16.8 Å². The molecule has 7 heteroatoms. The number of sulfonamides is 1. The molecule has 25 heavy (non-hydrogen) atoms. The standard InChI is InChI=1S/C18H29N3O3S/c1-14-8-9-16(12-17(14)25(23,24)20(3)4)18(22)19-13-15(2)21-10-6-5-7-11-21/h8-9,12,15H,5-7,10-11,13H2,1-4H3,(H,19,22). The summed E-state index contributed by atoms with van der Waals surface area (Å²) < 4.78 is 25.9. The number of carbonyl (C=O) groups is 1. The Bertz CT molecular complexity index is 710. The van der Waals surface area contributed by atoms with Crippen molar-refractivity contribution in [3.63, 3.8) is 0 Å². The minimum absolute atomic E-state index is 0.175. The Morgan fingerprint density at radius 1 is 1.24 bits per heavy atom. The van der Waals surface area contributed by atoms with E-state index < -0.39 is 10.0 Å². The van der Waals surface area contributed by atoms with Crippen molar-refractivity contribution in [2.24, 2.45) is 0 Å². The first-order valence-corrected chi connectivity index (χ1v) is 10.2. The fourth-order valence-electron chi connectivity index (χ4n) is 3.05. The van der Waals surface area contributed by atoms with E-state index in [0.717, 1.165) is 17.4 Å². The van der Waals surface area contributed by atoms with Crippen LogP contribution >= 0.6 is 0 Å². The lowest BCUT2D eigenvalue weighted by molar-refractivity contribution is 0.0929. The number of aryl methyl sites for hydroxylation is 1. The molecule has 1 fully saturated rings. The van der Waals surface area contributed by atoms with Crippen molar-refractivity contribution in [2.75, 3.05) is 33.7 Å². The molecule has 1 aromatic carbocycles. The van der Waals surface area contributed by atoms with Crippen LogP contribution in [0.3, 0.4) is 0 Å². The summed E-state index contributed by atoms with van der Waals surface area (Å²) in [7, 11) is -0.591. The molecule has 1 N–H and O–H groups in total. The van der Waals surface area contributed by atoms with Crippen LogP contribution in [0.1, 0.15) is 42.1 Å². The summed E-state index contributed by atoms with van der Waals surface area (Å²) in [6.07, 6.45) is 3.70. The molecule has 1 aliphatic heterocycles. The van der Waals surface area contributed by atoms with E-state index in [4.69, 9.17) is 0 Å². The van der Waals surface area contributed by atoms with Gasteiger partial charge in [0.05, 0.1) is 4.90 Å². The molecule has 2 rings (SSSR count). The third-order valence-corrected chi connectivity index (χ3v) is 6.74. The van der Waals surface area contributed by atoms with E-state index in [1.807, 2.05) is 0 Å². The minimum Gasteiger partial charge on any atom is -0.350 e. The Hall–Kier alpha value is -1.44. The summed E-state index contributed by atoms with van der Waals surface area (Å²) in [4.78, 5) is 15.0. The molecule has 1 heterocycles. The smallest absolute Gasteiger partial charge is 0.251 e. The Labute approximate surface area is 151 Å². The Morgan fingerprint density at radius 3 is 2.48 bits per heavy atom.